The summed E-state index contributed by atoms with van der Waals surface area (Å²) in [4.78, 5) is 27.2. The third-order valence-electron chi connectivity index (χ3n) is 2.14. The van der Waals surface area contributed by atoms with E-state index in [0.29, 0.717) is 0 Å². The third kappa shape index (κ3) is 4.92. The lowest BCUT2D eigenvalue weighted by molar-refractivity contribution is -0.137. The lowest BCUT2D eigenvalue weighted by Gasteiger charge is -2.12. The Morgan fingerprint density at radius 3 is 2.88 bits per heavy atom. The van der Waals surface area contributed by atoms with Crippen LogP contribution in [0.3, 0.4) is 0 Å². The first-order valence-corrected chi connectivity index (χ1v) is 5.14. The Kier molecular flexibility index (Phi) is 4.87. The van der Waals surface area contributed by atoms with Crippen LogP contribution in [-0.4, -0.2) is 40.5 Å². The zero-order valence-electron chi connectivity index (χ0n) is 9.54. The molecule has 0 radical (unpaired) electrons. The Hall–Kier alpha value is -2.17. The van der Waals surface area contributed by atoms with Crippen molar-refractivity contribution in [1.82, 2.24) is 9.88 Å². The molecule has 0 aliphatic carbocycles. The minimum absolute atomic E-state index is 0.0526. The second kappa shape index (κ2) is 6.42. The predicted molar refractivity (Wildman–Crippen MR) is 63.2 cm³/mol. The number of aliphatic carboxylic acids is 1. The Morgan fingerprint density at radius 1 is 1.53 bits per heavy atom. The second-order valence-electron chi connectivity index (χ2n) is 3.52. The summed E-state index contributed by atoms with van der Waals surface area (Å²) in [6.45, 7) is 0.200. The number of carbonyl (C=O) groups excluding carboxylic acids is 1. The summed E-state index contributed by atoms with van der Waals surface area (Å²) >= 11 is 0. The number of likely N-dealkylation sites (N-methyl/N-ethyl adjacent to an activating group) is 1. The van der Waals surface area contributed by atoms with Gasteiger partial charge in [-0.3, -0.25) is 14.6 Å². The van der Waals surface area contributed by atoms with Crippen LogP contribution in [0, 0.1) is 0 Å². The van der Waals surface area contributed by atoms with Crippen molar-refractivity contribution in [3.05, 3.63) is 36.2 Å². The van der Waals surface area contributed by atoms with E-state index in [1.54, 1.807) is 31.6 Å². The maximum absolute atomic E-state index is 11.6. The first-order valence-electron chi connectivity index (χ1n) is 5.14. The maximum Gasteiger partial charge on any atom is 0.305 e. The van der Waals surface area contributed by atoms with Crippen molar-refractivity contribution in [3.63, 3.8) is 0 Å². The van der Waals surface area contributed by atoms with Gasteiger partial charge >= 0.3 is 5.97 Å². The number of carboxylic acid groups (broad SMARTS) is 1. The highest BCUT2D eigenvalue weighted by Crippen LogP contribution is 2.00. The summed E-state index contributed by atoms with van der Waals surface area (Å²) in [6.07, 6.45) is 6.29. The summed E-state index contributed by atoms with van der Waals surface area (Å²) in [5.41, 5.74) is 0.826. The Morgan fingerprint density at radius 2 is 2.29 bits per heavy atom. The van der Waals surface area contributed by atoms with E-state index in [4.69, 9.17) is 5.11 Å². The van der Waals surface area contributed by atoms with Gasteiger partial charge in [0.1, 0.15) is 0 Å². The molecule has 0 fully saturated rings. The number of hydrogen-bond donors (Lipinski definition) is 1. The van der Waals surface area contributed by atoms with Crippen molar-refractivity contribution >= 4 is 18.0 Å². The van der Waals surface area contributed by atoms with Crippen LogP contribution in [0.4, 0.5) is 0 Å². The topological polar surface area (TPSA) is 70.5 Å². The molecule has 17 heavy (non-hydrogen) atoms. The minimum Gasteiger partial charge on any atom is -0.481 e. The monoisotopic (exact) mass is 234 g/mol. The van der Waals surface area contributed by atoms with Crippen LogP contribution < -0.4 is 0 Å². The first-order chi connectivity index (χ1) is 8.09. The predicted octanol–water partition coefficient (Wildman–Crippen LogP) is 1.03. The highest BCUT2D eigenvalue weighted by atomic mass is 16.4. The molecular formula is C12H14N2O3. The highest BCUT2D eigenvalue weighted by Gasteiger charge is 2.06. The van der Waals surface area contributed by atoms with E-state index in [-0.39, 0.29) is 18.9 Å². The number of carboxylic acids is 1. The molecule has 0 atom stereocenters. The van der Waals surface area contributed by atoms with Crippen molar-refractivity contribution in [2.45, 2.75) is 6.42 Å². The number of hydrogen-bond acceptors (Lipinski definition) is 3. The van der Waals surface area contributed by atoms with E-state index in [0.717, 1.165) is 5.56 Å². The molecule has 1 N–H and O–H groups in total. The minimum atomic E-state index is -0.916. The van der Waals surface area contributed by atoms with Gasteiger partial charge in [0.2, 0.25) is 5.91 Å². The number of amides is 1. The average molecular weight is 234 g/mol. The lowest BCUT2D eigenvalue weighted by Crippen LogP contribution is -2.27. The summed E-state index contributed by atoms with van der Waals surface area (Å²) in [5.74, 6) is -1.14. The quantitative estimate of drug-likeness (QED) is 0.772. The molecule has 1 rings (SSSR count). The van der Waals surface area contributed by atoms with Crippen LogP contribution >= 0.6 is 0 Å². The van der Waals surface area contributed by atoms with E-state index in [1.807, 2.05) is 6.07 Å². The molecule has 0 spiro atoms. The van der Waals surface area contributed by atoms with Crippen LogP contribution in [0.15, 0.2) is 30.6 Å². The molecule has 0 aliphatic heterocycles. The van der Waals surface area contributed by atoms with Gasteiger partial charge in [-0.2, -0.15) is 0 Å². The SMILES string of the molecule is CN(CCC(=O)O)C(=O)C=Cc1cccnc1. The highest BCUT2D eigenvalue weighted by molar-refractivity contribution is 5.91. The van der Waals surface area contributed by atoms with E-state index in [9.17, 15) is 9.59 Å². The van der Waals surface area contributed by atoms with Gasteiger partial charge in [0, 0.05) is 32.1 Å². The van der Waals surface area contributed by atoms with Gasteiger partial charge in [-0.15, -0.1) is 0 Å². The van der Waals surface area contributed by atoms with Gasteiger partial charge in [0.15, 0.2) is 0 Å². The van der Waals surface area contributed by atoms with Crippen molar-refractivity contribution in [1.29, 1.82) is 0 Å². The number of carbonyl (C=O) groups is 2. The fourth-order valence-corrected chi connectivity index (χ4v) is 1.14. The van der Waals surface area contributed by atoms with E-state index < -0.39 is 5.97 Å². The number of pyridine rings is 1. The van der Waals surface area contributed by atoms with Crippen molar-refractivity contribution in [2.75, 3.05) is 13.6 Å². The molecule has 0 saturated heterocycles. The van der Waals surface area contributed by atoms with Gasteiger partial charge in [0.05, 0.1) is 6.42 Å². The molecule has 5 heteroatoms. The average Bonchev–Trinajstić information content (AvgIpc) is 2.34. The van der Waals surface area contributed by atoms with Gasteiger partial charge in [0.25, 0.3) is 0 Å². The van der Waals surface area contributed by atoms with E-state index >= 15 is 0 Å². The van der Waals surface area contributed by atoms with Crippen molar-refractivity contribution in [3.8, 4) is 0 Å². The summed E-state index contributed by atoms with van der Waals surface area (Å²) < 4.78 is 0. The van der Waals surface area contributed by atoms with Gasteiger partial charge in [-0.1, -0.05) is 6.07 Å². The number of nitrogens with zero attached hydrogens (tertiary/aromatic N) is 2. The number of aromatic nitrogens is 1. The number of rotatable bonds is 5. The summed E-state index contributed by atoms with van der Waals surface area (Å²) in [6, 6.07) is 3.60. The van der Waals surface area contributed by atoms with Crippen LogP contribution in [0.5, 0.6) is 0 Å². The smallest absolute Gasteiger partial charge is 0.305 e. The van der Waals surface area contributed by atoms with Crippen LogP contribution in [0.2, 0.25) is 0 Å². The van der Waals surface area contributed by atoms with Gasteiger partial charge < -0.3 is 10.0 Å². The maximum atomic E-state index is 11.6. The fourth-order valence-electron chi connectivity index (χ4n) is 1.14. The Bertz CT molecular complexity index is 415. The summed E-state index contributed by atoms with van der Waals surface area (Å²) in [7, 11) is 1.57. The Balaban J connectivity index is 2.48. The fraction of sp³-hybridized carbons (Fsp3) is 0.250. The first kappa shape index (κ1) is 12.9. The molecule has 1 aromatic heterocycles. The van der Waals surface area contributed by atoms with Crippen LogP contribution in [-0.2, 0) is 9.59 Å². The lowest BCUT2D eigenvalue weighted by atomic mass is 10.2. The second-order valence-corrected chi connectivity index (χ2v) is 3.52. The largest absolute Gasteiger partial charge is 0.481 e. The molecule has 0 aromatic carbocycles. The van der Waals surface area contributed by atoms with Crippen molar-refractivity contribution in [2.24, 2.45) is 0 Å². The molecule has 1 amide bonds. The molecule has 0 saturated carbocycles. The zero-order chi connectivity index (χ0) is 12.7. The molecule has 0 bridgehead atoms. The zero-order valence-corrected chi connectivity index (χ0v) is 9.54. The molecule has 0 unspecified atom stereocenters. The molecule has 1 aromatic rings. The molecule has 90 valence electrons. The standard InChI is InChI=1S/C12H14N2O3/c1-14(8-6-12(16)17)11(15)5-4-10-3-2-7-13-9-10/h2-5,7,9H,6,8H2,1H3,(H,16,17). The third-order valence-corrected chi connectivity index (χ3v) is 2.14. The normalized spacial score (nSPS) is 10.4. The van der Waals surface area contributed by atoms with Gasteiger partial charge in [-0.25, -0.2) is 0 Å². The van der Waals surface area contributed by atoms with Crippen LogP contribution in [0.1, 0.15) is 12.0 Å². The molecule has 1 heterocycles. The van der Waals surface area contributed by atoms with E-state index in [2.05, 4.69) is 4.98 Å². The molecular weight excluding hydrogens is 220 g/mol. The summed E-state index contributed by atoms with van der Waals surface area (Å²) in [5, 5.41) is 8.49. The Labute approximate surface area is 99.4 Å². The van der Waals surface area contributed by atoms with Crippen molar-refractivity contribution < 1.29 is 14.7 Å². The molecule has 5 nitrogen and oxygen atoms in total. The van der Waals surface area contributed by atoms with Gasteiger partial charge in [-0.05, 0) is 17.7 Å². The van der Waals surface area contributed by atoms with E-state index in [1.165, 1.54) is 11.0 Å². The van der Waals surface area contributed by atoms with Crippen LogP contribution in [0.25, 0.3) is 6.08 Å². The molecule has 0 aliphatic rings.